The molecule has 8 nitrogen and oxygen atoms in total. The lowest BCUT2D eigenvalue weighted by molar-refractivity contribution is 0.0726. The summed E-state index contributed by atoms with van der Waals surface area (Å²) in [6, 6.07) is 7.77. The fourth-order valence-corrected chi connectivity index (χ4v) is 4.79. The van der Waals surface area contributed by atoms with Crippen molar-refractivity contribution in [2.75, 3.05) is 32.6 Å². The predicted octanol–water partition coefficient (Wildman–Crippen LogP) is 3.41. The number of likely N-dealkylation sites (tertiary alicyclic amines) is 1. The first-order valence-electron chi connectivity index (χ1n) is 11.1. The van der Waals surface area contributed by atoms with Crippen molar-refractivity contribution in [2.45, 2.75) is 38.1 Å². The summed E-state index contributed by atoms with van der Waals surface area (Å²) in [5.41, 5.74) is 5.55. The number of aromatic nitrogens is 4. The van der Waals surface area contributed by atoms with Crippen LogP contribution in [-0.2, 0) is 12.8 Å². The first-order chi connectivity index (χ1) is 15.6. The van der Waals surface area contributed by atoms with Crippen LogP contribution >= 0.6 is 0 Å². The summed E-state index contributed by atoms with van der Waals surface area (Å²) in [5.74, 6) is 1.40. The van der Waals surface area contributed by atoms with E-state index in [0.29, 0.717) is 18.2 Å². The predicted molar refractivity (Wildman–Crippen MR) is 122 cm³/mol. The SMILES string of the molecule is COc1cccc(-c2cnc(N(C)C)nc2[C@@H]2CCCN2C(=O)c2n[nH]c3c2CCC3)c1. The molecular weight excluding hydrogens is 404 g/mol. The van der Waals surface area contributed by atoms with Crippen LogP contribution in [0, 0.1) is 0 Å². The highest BCUT2D eigenvalue weighted by atomic mass is 16.5. The Balaban J connectivity index is 1.57. The third-order valence-corrected chi connectivity index (χ3v) is 6.42. The van der Waals surface area contributed by atoms with E-state index >= 15 is 0 Å². The Labute approximate surface area is 187 Å². The molecule has 0 spiro atoms. The lowest BCUT2D eigenvalue weighted by Gasteiger charge is -2.26. The number of benzene rings is 1. The maximum atomic E-state index is 13.6. The van der Waals surface area contributed by atoms with Crippen LogP contribution in [0.3, 0.4) is 0 Å². The second-order valence-corrected chi connectivity index (χ2v) is 8.63. The summed E-state index contributed by atoms with van der Waals surface area (Å²) < 4.78 is 5.43. The average Bonchev–Trinajstić information content (AvgIpc) is 3.55. The lowest BCUT2D eigenvalue weighted by atomic mass is 9.99. The monoisotopic (exact) mass is 432 g/mol. The van der Waals surface area contributed by atoms with Crippen LogP contribution in [0.15, 0.2) is 30.5 Å². The Bertz CT molecular complexity index is 1160. The molecule has 1 saturated heterocycles. The lowest BCUT2D eigenvalue weighted by Crippen LogP contribution is -2.32. The largest absolute Gasteiger partial charge is 0.497 e. The molecule has 3 aromatic rings. The summed E-state index contributed by atoms with van der Waals surface area (Å²) in [4.78, 5) is 26.9. The normalized spacial score (nSPS) is 17.5. The van der Waals surface area contributed by atoms with Crippen LogP contribution in [0.5, 0.6) is 5.75 Å². The number of rotatable bonds is 5. The van der Waals surface area contributed by atoms with Gasteiger partial charge >= 0.3 is 0 Å². The van der Waals surface area contributed by atoms with Gasteiger partial charge in [-0.15, -0.1) is 0 Å². The van der Waals surface area contributed by atoms with Crippen LogP contribution in [0.4, 0.5) is 5.95 Å². The van der Waals surface area contributed by atoms with Crippen molar-refractivity contribution in [3.05, 3.63) is 53.1 Å². The van der Waals surface area contributed by atoms with Crippen molar-refractivity contribution in [3.8, 4) is 16.9 Å². The third kappa shape index (κ3) is 3.49. The zero-order valence-corrected chi connectivity index (χ0v) is 18.8. The summed E-state index contributed by atoms with van der Waals surface area (Å²) in [6.45, 7) is 0.698. The van der Waals surface area contributed by atoms with Gasteiger partial charge in [0.05, 0.1) is 18.8 Å². The molecule has 2 aromatic heterocycles. The number of anilines is 1. The minimum atomic E-state index is -0.126. The molecule has 1 aliphatic heterocycles. The van der Waals surface area contributed by atoms with Gasteiger partial charge in [0.25, 0.3) is 5.91 Å². The van der Waals surface area contributed by atoms with Crippen molar-refractivity contribution in [2.24, 2.45) is 0 Å². The molecule has 0 saturated carbocycles. The van der Waals surface area contributed by atoms with Gasteiger partial charge in [-0.3, -0.25) is 9.89 Å². The number of amides is 1. The molecule has 0 bridgehead atoms. The molecule has 166 valence electrons. The van der Waals surface area contributed by atoms with E-state index in [4.69, 9.17) is 9.72 Å². The van der Waals surface area contributed by atoms with Gasteiger partial charge in [0, 0.05) is 43.7 Å². The molecule has 1 N–H and O–H groups in total. The van der Waals surface area contributed by atoms with Gasteiger partial charge in [-0.25, -0.2) is 9.97 Å². The fraction of sp³-hybridized carbons (Fsp3) is 0.417. The number of hydrogen-bond acceptors (Lipinski definition) is 6. The number of carbonyl (C=O) groups is 1. The van der Waals surface area contributed by atoms with Crippen molar-refractivity contribution in [3.63, 3.8) is 0 Å². The Morgan fingerprint density at radius 1 is 1.25 bits per heavy atom. The van der Waals surface area contributed by atoms with E-state index in [1.54, 1.807) is 7.11 Å². The molecule has 0 radical (unpaired) electrons. The zero-order chi connectivity index (χ0) is 22.2. The molecule has 0 unspecified atom stereocenters. The van der Waals surface area contributed by atoms with E-state index in [-0.39, 0.29) is 11.9 Å². The Morgan fingerprint density at radius 3 is 2.94 bits per heavy atom. The van der Waals surface area contributed by atoms with E-state index in [1.165, 1.54) is 0 Å². The Kier molecular flexibility index (Phi) is 5.28. The Morgan fingerprint density at radius 2 is 2.12 bits per heavy atom. The van der Waals surface area contributed by atoms with E-state index in [9.17, 15) is 4.79 Å². The average molecular weight is 433 g/mol. The van der Waals surface area contributed by atoms with Crippen LogP contribution in [0.1, 0.15) is 52.7 Å². The molecule has 32 heavy (non-hydrogen) atoms. The number of ether oxygens (including phenoxy) is 1. The maximum absolute atomic E-state index is 13.6. The van der Waals surface area contributed by atoms with Crippen molar-refractivity contribution in [1.82, 2.24) is 25.1 Å². The topological polar surface area (TPSA) is 87.2 Å². The van der Waals surface area contributed by atoms with Gasteiger partial charge in [-0.1, -0.05) is 12.1 Å². The number of methoxy groups -OCH3 is 1. The van der Waals surface area contributed by atoms with Gasteiger partial charge in [-0.2, -0.15) is 5.10 Å². The molecule has 3 heterocycles. The first-order valence-corrected chi connectivity index (χ1v) is 11.1. The molecule has 2 aliphatic rings. The summed E-state index contributed by atoms with van der Waals surface area (Å²) in [6.07, 6.45) is 6.61. The van der Waals surface area contributed by atoms with E-state index in [0.717, 1.165) is 65.9 Å². The number of aromatic amines is 1. The molecule has 1 aliphatic carbocycles. The number of fused-ring (bicyclic) bond motifs is 1. The highest BCUT2D eigenvalue weighted by Crippen LogP contribution is 2.39. The van der Waals surface area contributed by atoms with E-state index in [2.05, 4.69) is 15.2 Å². The highest BCUT2D eigenvalue weighted by molar-refractivity contribution is 5.94. The van der Waals surface area contributed by atoms with Gasteiger partial charge in [0.15, 0.2) is 5.69 Å². The first kappa shape index (κ1) is 20.5. The molecular formula is C24H28N6O2. The summed E-state index contributed by atoms with van der Waals surface area (Å²) in [7, 11) is 5.51. The fourth-order valence-electron chi connectivity index (χ4n) is 4.79. The number of nitrogens with one attached hydrogen (secondary N) is 1. The maximum Gasteiger partial charge on any atom is 0.275 e. The smallest absolute Gasteiger partial charge is 0.275 e. The van der Waals surface area contributed by atoms with Crippen molar-refractivity contribution in [1.29, 1.82) is 0 Å². The second-order valence-electron chi connectivity index (χ2n) is 8.63. The molecule has 1 aromatic carbocycles. The standard InChI is InChI=1S/C24H28N6O2/c1-29(2)24-25-14-18(15-7-4-8-16(13-15)32-3)21(26-24)20-11-6-12-30(20)23(31)22-17-9-5-10-19(17)27-28-22/h4,7-8,13-14,20H,5-6,9-12H2,1-3H3,(H,27,28)/t20-/m0/s1. The van der Waals surface area contributed by atoms with Crippen LogP contribution in [0.25, 0.3) is 11.1 Å². The third-order valence-electron chi connectivity index (χ3n) is 6.42. The quantitative estimate of drug-likeness (QED) is 0.665. The van der Waals surface area contributed by atoms with Crippen molar-refractivity contribution < 1.29 is 9.53 Å². The van der Waals surface area contributed by atoms with Gasteiger partial charge in [-0.05, 0) is 49.8 Å². The van der Waals surface area contributed by atoms with Gasteiger partial charge < -0.3 is 14.5 Å². The minimum Gasteiger partial charge on any atom is -0.497 e. The van der Waals surface area contributed by atoms with Gasteiger partial charge in [0.1, 0.15) is 5.75 Å². The number of aryl methyl sites for hydroxylation is 1. The second kappa shape index (κ2) is 8.26. The molecule has 1 atom stereocenters. The number of nitrogens with zero attached hydrogens (tertiary/aromatic N) is 5. The van der Waals surface area contributed by atoms with Crippen LogP contribution in [-0.4, -0.2) is 58.7 Å². The molecule has 8 heteroatoms. The van der Waals surface area contributed by atoms with Crippen molar-refractivity contribution >= 4 is 11.9 Å². The molecule has 1 amide bonds. The van der Waals surface area contributed by atoms with E-state index < -0.39 is 0 Å². The molecule has 1 fully saturated rings. The van der Waals surface area contributed by atoms with E-state index in [1.807, 2.05) is 54.4 Å². The molecule has 5 rings (SSSR count). The number of hydrogen-bond donors (Lipinski definition) is 1. The Hall–Kier alpha value is -3.42. The van der Waals surface area contributed by atoms with Gasteiger partial charge in [0.2, 0.25) is 5.95 Å². The number of H-pyrrole nitrogens is 1. The zero-order valence-electron chi connectivity index (χ0n) is 18.8. The summed E-state index contributed by atoms with van der Waals surface area (Å²) in [5, 5.41) is 7.46. The van der Waals surface area contributed by atoms with Crippen LogP contribution < -0.4 is 9.64 Å². The number of carbonyl (C=O) groups excluding carboxylic acids is 1. The highest BCUT2D eigenvalue weighted by Gasteiger charge is 2.36. The minimum absolute atomic E-state index is 0.00601. The summed E-state index contributed by atoms with van der Waals surface area (Å²) >= 11 is 0. The van der Waals surface area contributed by atoms with Crippen LogP contribution in [0.2, 0.25) is 0 Å².